The Balaban J connectivity index is 2.14. The molecule has 10 nitrogen and oxygen atoms in total. The second kappa shape index (κ2) is 8.82. The summed E-state index contributed by atoms with van der Waals surface area (Å²) in [6.45, 7) is 21.5. The number of aromatic amines is 1. The van der Waals surface area contributed by atoms with Crippen molar-refractivity contribution in [1.82, 2.24) is 19.5 Å². The van der Waals surface area contributed by atoms with Gasteiger partial charge in [0.25, 0.3) is 5.56 Å². The van der Waals surface area contributed by atoms with E-state index < -0.39 is 46.7 Å². The third kappa shape index (κ3) is 4.89. The first-order valence-electron chi connectivity index (χ1n) is 11.7. The van der Waals surface area contributed by atoms with Crippen LogP contribution in [0.2, 0.25) is 36.3 Å². The van der Waals surface area contributed by atoms with Gasteiger partial charge in [0.05, 0.1) is 12.9 Å². The molecule has 2 aromatic rings. The Labute approximate surface area is 203 Å². The molecule has 4 N–H and O–H groups in total. The van der Waals surface area contributed by atoms with Gasteiger partial charge in [-0.1, -0.05) is 41.5 Å². The number of aromatic nitrogens is 4. The van der Waals surface area contributed by atoms with Gasteiger partial charge in [-0.25, -0.2) is 4.98 Å². The fraction of sp³-hybridized carbons (Fsp3) is 0.773. The summed E-state index contributed by atoms with van der Waals surface area (Å²) in [6.07, 6.45) is -0.818. The summed E-state index contributed by atoms with van der Waals surface area (Å²) in [7, 11) is -4.54. The van der Waals surface area contributed by atoms with Gasteiger partial charge in [-0.05, 0) is 36.3 Å². The monoisotopic (exact) mass is 511 g/mol. The van der Waals surface area contributed by atoms with Gasteiger partial charge in [0.2, 0.25) is 5.95 Å². The van der Waals surface area contributed by atoms with E-state index in [1.165, 1.54) is 6.33 Å². The highest BCUT2D eigenvalue weighted by Gasteiger charge is 2.54. The van der Waals surface area contributed by atoms with Crippen molar-refractivity contribution in [1.29, 1.82) is 0 Å². The zero-order valence-electron chi connectivity index (χ0n) is 22.1. The Bertz CT molecular complexity index is 1090. The summed E-state index contributed by atoms with van der Waals surface area (Å²) in [4.78, 5) is 23.4. The van der Waals surface area contributed by atoms with Crippen molar-refractivity contribution in [3.05, 3.63) is 16.7 Å². The molecule has 3 rings (SSSR count). The maximum atomic E-state index is 12.4. The minimum Gasteiger partial charge on any atom is -0.408 e. The van der Waals surface area contributed by atoms with Gasteiger partial charge in [0.1, 0.15) is 18.3 Å². The lowest BCUT2D eigenvalue weighted by Crippen LogP contribution is -2.53. The molecule has 4 atom stereocenters. The van der Waals surface area contributed by atoms with Crippen LogP contribution in [0.4, 0.5) is 5.95 Å². The maximum absolute atomic E-state index is 12.4. The summed E-state index contributed by atoms with van der Waals surface area (Å²) in [5.74, 6) is -0.00751. The van der Waals surface area contributed by atoms with Crippen LogP contribution in [0.15, 0.2) is 11.1 Å². The Morgan fingerprint density at radius 2 is 1.62 bits per heavy atom. The topological polar surface area (TPSA) is 138 Å². The molecule has 0 radical (unpaired) electrons. The average Bonchev–Trinajstić information content (AvgIpc) is 3.21. The Morgan fingerprint density at radius 1 is 1.09 bits per heavy atom. The lowest BCUT2D eigenvalue weighted by atomic mass is 10.1. The van der Waals surface area contributed by atoms with E-state index in [1.54, 1.807) is 4.57 Å². The number of imidazole rings is 1. The third-order valence-corrected chi connectivity index (χ3v) is 16.6. The van der Waals surface area contributed by atoms with Gasteiger partial charge < -0.3 is 24.4 Å². The van der Waals surface area contributed by atoms with E-state index in [4.69, 9.17) is 19.3 Å². The van der Waals surface area contributed by atoms with Crippen molar-refractivity contribution in [3.63, 3.8) is 0 Å². The summed E-state index contributed by atoms with van der Waals surface area (Å²) in [6, 6.07) is 0. The number of aliphatic hydroxyl groups is 1. The quantitative estimate of drug-likeness (QED) is 0.502. The summed E-state index contributed by atoms with van der Waals surface area (Å²) >= 11 is 0. The average molecular weight is 512 g/mol. The molecule has 34 heavy (non-hydrogen) atoms. The smallest absolute Gasteiger partial charge is 0.280 e. The second-order valence-corrected chi connectivity index (χ2v) is 21.7. The molecule has 3 heterocycles. The van der Waals surface area contributed by atoms with Crippen molar-refractivity contribution in [3.8, 4) is 0 Å². The molecule has 0 spiro atoms. The van der Waals surface area contributed by atoms with Crippen LogP contribution in [0.3, 0.4) is 0 Å². The lowest BCUT2D eigenvalue weighted by Gasteiger charge is -2.44. The van der Waals surface area contributed by atoms with Gasteiger partial charge in [0.15, 0.2) is 34.0 Å². The molecule has 1 aliphatic rings. The van der Waals surface area contributed by atoms with Crippen LogP contribution in [0.25, 0.3) is 11.2 Å². The van der Waals surface area contributed by atoms with Crippen molar-refractivity contribution in [2.75, 3.05) is 12.3 Å². The normalized spacial score (nSPS) is 24.8. The fourth-order valence-electron chi connectivity index (χ4n) is 3.51. The fourth-order valence-corrected chi connectivity index (χ4v) is 6.11. The number of fused-ring (bicyclic) bond motifs is 1. The molecule has 1 fully saturated rings. The van der Waals surface area contributed by atoms with Gasteiger partial charge in [-0.3, -0.25) is 14.3 Å². The molecule has 2 aromatic heterocycles. The first-order valence-corrected chi connectivity index (χ1v) is 17.6. The summed E-state index contributed by atoms with van der Waals surface area (Å²) in [5.41, 5.74) is 5.87. The molecule has 0 bridgehead atoms. The van der Waals surface area contributed by atoms with E-state index in [-0.39, 0.29) is 28.1 Å². The van der Waals surface area contributed by atoms with Crippen LogP contribution < -0.4 is 11.3 Å². The third-order valence-electron chi connectivity index (χ3n) is 7.66. The lowest BCUT2D eigenvalue weighted by molar-refractivity contribution is -0.0491. The Kier molecular flexibility index (Phi) is 7.01. The number of rotatable bonds is 6. The highest BCUT2D eigenvalue weighted by atomic mass is 28.4. The number of nitrogen functional groups attached to an aromatic ring is 1. The minimum atomic E-state index is -2.29. The van der Waals surface area contributed by atoms with Gasteiger partial charge in [0, 0.05) is 0 Å². The summed E-state index contributed by atoms with van der Waals surface area (Å²) < 4.78 is 21.8. The highest BCUT2D eigenvalue weighted by Crippen LogP contribution is 2.45. The van der Waals surface area contributed by atoms with Crippen LogP contribution in [0, 0.1) is 0 Å². The second-order valence-electron chi connectivity index (χ2n) is 12.2. The number of H-pyrrole nitrogens is 1. The molecule has 192 valence electrons. The van der Waals surface area contributed by atoms with Crippen molar-refractivity contribution in [2.24, 2.45) is 0 Å². The molecule has 0 aromatic carbocycles. The standard InChI is InChI=1S/C22H41N5O5Si2/c1-21(2,3)33(7,8)31-15-13(11-28)30-19(16(15)32-34(9,10)22(4,5)6)27-12-24-14-17(27)25-20(23)26-18(14)29/h12-13,15-16,19,28H,11H2,1-10H3,(H3,23,25,26,29)/t13-,15+,16?,19-/m1/s1. The predicted molar refractivity (Wildman–Crippen MR) is 138 cm³/mol. The van der Waals surface area contributed by atoms with E-state index >= 15 is 0 Å². The number of nitrogens with zero attached hydrogens (tertiary/aromatic N) is 3. The Hall–Kier alpha value is -1.58. The van der Waals surface area contributed by atoms with Crippen LogP contribution >= 0.6 is 0 Å². The van der Waals surface area contributed by atoms with E-state index in [1.807, 2.05) is 0 Å². The number of anilines is 1. The maximum Gasteiger partial charge on any atom is 0.280 e. The van der Waals surface area contributed by atoms with Crippen molar-refractivity contribution < 1.29 is 18.7 Å². The first-order chi connectivity index (χ1) is 15.4. The molecule has 1 aliphatic heterocycles. The first kappa shape index (κ1) is 27.0. The van der Waals surface area contributed by atoms with E-state index in [0.29, 0.717) is 5.65 Å². The molecule has 0 amide bonds. The van der Waals surface area contributed by atoms with Crippen LogP contribution in [-0.2, 0) is 13.6 Å². The number of aliphatic hydroxyl groups excluding tert-OH is 1. The zero-order chi connectivity index (χ0) is 25.9. The number of ether oxygens (including phenoxy) is 1. The van der Waals surface area contributed by atoms with Crippen LogP contribution in [-0.4, -0.2) is 66.2 Å². The van der Waals surface area contributed by atoms with Gasteiger partial charge >= 0.3 is 0 Å². The van der Waals surface area contributed by atoms with Gasteiger partial charge in [-0.2, -0.15) is 4.98 Å². The number of hydrogen-bond acceptors (Lipinski definition) is 8. The predicted octanol–water partition coefficient (Wildman–Crippen LogP) is 3.37. The molecule has 0 aliphatic carbocycles. The van der Waals surface area contributed by atoms with Crippen LogP contribution in [0.5, 0.6) is 0 Å². The summed E-state index contributed by atoms with van der Waals surface area (Å²) in [5, 5.41) is 10.2. The van der Waals surface area contributed by atoms with Crippen LogP contribution in [0.1, 0.15) is 47.8 Å². The van der Waals surface area contributed by atoms with Crippen molar-refractivity contribution in [2.45, 2.75) is 102 Å². The zero-order valence-corrected chi connectivity index (χ0v) is 24.1. The highest BCUT2D eigenvalue weighted by molar-refractivity contribution is 6.74. The van der Waals surface area contributed by atoms with E-state index in [9.17, 15) is 9.90 Å². The largest absolute Gasteiger partial charge is 0.408 e. The molecule has 12 heteroatoms. The van der Waals surface area contributed by atoms with Crippen molar-refractivity contribution >= 4 is 33.7 Å². The molecule has 0 saturated carbocycles. The van der Waals surface area contributed by atoms with Gasteiger partial charge in [-0.15, -0.1) is 0 Å². The van der Waals surface area contributed by atoms with E-state index in [2.05, 4.69) is 82.7 Å². The molecule has 1 saturated heterocycles. The SMILES string of the molecule is CC(C)(C)[Si](C)(C)OC1[C@@H](O[Si](C)(C)C(C)(C)C)[C@@H](CO)O[C@H]1n1cnc2c(=O)[nH]c(N)nc21. The number of nitrogens with one attached hydrogen (secondary N) is 1. The molecule has 1 unspecified atom stereocenters. The minimum absolute atomic E-state index is 0.00751. The molecular formula is C22H41N5O5Si2. The Morgan fingerprint density at radius 3 is 2.12 bits per heavy atom. The molecular weight excluding hydrogens is 470 g/mol. The number of hydrogen-bond donors (Lipinski definition) is 3. The number of nitrogens with two attached hydrogens (primary N) is 1. The van der Waals surface area contributed by atoms with E-state index in [0.717, 1.165) is 0 Å².